The predicted octanol–water partition coefficient (Wildman–Crippen LogP) is 4.99. The molecule has 0 aliphatic rings. The zero-order chi connectivity index (χ0) is 15.0. The first-order valence-electron chi connectivity index (χ1n) is 6.33. The molecule has 3 nitrogen and oxygen atoms in total. The number of rotatable bonds is 3. The third-order valence-electron chi connectivity index (χ3n) is 3.34. The van der Waals surface area contributed by atoms with Crippen LogP contribution in [-0.2, 0) is 11.2 Å². The van der Waals surface area contributed by atoms with Gasteiger partial charge in [0.15, 0.2) is 0 Å². The average Bonchev–Trinajstić information content (AvgIpc) is 2.77. The minimum Gasteiger partial charge on any atom is -0.481 e. The molecule has 2 aromatic carbocycles. The van der Waals surface area contributed by atoms with Gasteiger partial charge >= 0.3 is 5.97 Å². The van der Waals surface area contributed by atoms with E-state index in [1.807, 2.05) is 42.5 Å². The molecule has 106 valence electrons. The van der Waals surface area contributed by atoms with E-state index in [1.165, 1.54) is 0 Å². The first kappa shape index (κ1) is 14.4. The van der Waals surface area contributed by atoms with Crippen LogP contribution in [0.4, 0.5) is 0 Å². The highest BCUT2D eigenvalue weighted by Crippen LogP contribution is 2.35. The third-order valence-corrected chi connectivity index (χ3v) is 4.52. The second kappa shape index (κ2) is 5.66. The SMILES string of the molecule is O=C(O)Cc1c(-c2ccccc2Br)[nH]c2ccc(Br)cc12. The predicted molar refractivity (Wildman–Crippen MR) is 90.5 cm³/mol. The fraction of sp³-hybridized carbons (Fsp3) is 0.0625. The normalized spacial score (nSPS) is 11.0. The molecule has 0 unspecified atom stereocenters. The molecule has 0 bridgehead atoms. The summed E-state index contributed by atoms with van der Waals surface area (Å²) in [5.41, 5.74) is 3.53. The van der Waals surface area contributed by atoms with Crippen LogP contribution in [-0.4, -0.2) is 16.1 Å². The quantitative estimate of drug-likeness (QED) is 0.641. The van der Waals surface area contributed by atoms with Crippen molar-refractivity contribution in [3.05, 3.63) is 57.0 Å². The van der Waals surface area contributed by atoms with Crippen LogP contribution in [0.3, 0.4) is 0 Å². The lowest BCUT2D eigenvalue weighted by molar-refractivity contribution is -0.136. The molecule has 5 heteroatoms. The molecule has 0 aliphatic heterocycles. The minimum atomic E-state index is -0.843. The van der Waals surface area contributed by atoms with E-state index < -0.39 is 5.97 Å². The number of aromatic amines is 1. The Morgan fingerprint density at radius 1 is 1.14 bits per heavy atom. The van der Waals surface area contributed by atoms with Crippen molar-refractivity contribution in [3.63, 3.8) is 0 Å². The highest BCUT2D eigenvalue weighted by molar-refractivity contribution is 9.10. The summed E-state index contributed by atoms with van der Waals surface area (Å²) in [5, 5.41) is 10.1. The summed E-state index contributed by atoms with van der Waals surface area (Å²) in [6.45, 7) is 0. The number of benzene rings is 2. The zero-order valence-corrected chi connectivity index (χ0v) is 14.0. The van der Waals surface area contributed by atoms with Crippen molar-refractivity contribution in [1.82, 2.24) is 4.98 Å². The van der Waals surface area contributed by atoms with Gasteiger partial charge in [-0.15, -0.1) is 0 Å². The second-order valence-corrected chi connectivity index (χ2v) is 6.49. The largest absolute Gasteiger partial charge is 0.481 e. The van der Waals surface area contributed by atoms with Crippen molar-refractivity contribution in [2.45, 2.75) is 6.42 Å². The van der Waals surface area contributed by atoms with Crippen molar-refractivity contribution in [2.24, 2.45) is 0 Å². The number of fused-ring (bicyclic) bond motifs is 1. The number of hydrogen-bond donors (Lipinski definition) is 2. The Balaban J connectivity index is 2.31. The number of carboxylic acid groups (broad SMARTS) is 1. The zero-order valence-electron chi connectivity index (χ0n) is 10.9. The summed E-state index contributed by atoms with van der Waals surface area (Å²) in [4.78, 5) is 14.6. The minimum absolute atomic E-state index is 0.0207. The summed E-state index contributed by atoms with van der Waals surface area (Å²) in [6, 6.07) is 13.6. The van der Waals surface area contributed by atoms with Gasteiger partial charge in [-0.05, 0) is 29.8 Å². The molecule has 1 heterocycles. The van der Waals surface area contributed by atoms with Gasteiger partial charge in [0.05, 0.1) is 12.1 Å². The molecule has 1 aromatic heterocycles. The van der Waals surface area contributed by atoms with Gasteiger partial charge in [-0.2, -0.15) is 0 Å². The standard InChI is InChI=1S/C16H11Br2NO2/c17-9-5-6-14-11(7-9)12(8-15(20)21)16(19-14)10-3-1-2-4-13(10)18/h1-7,19H,8H2,(H,20,21). The van der Waals surface area contributed by atoms with Crippen LogP contribution in [0.2, 0.25) is 0 Å². The van der Waals surface area contributed by atoms with Gasteiger partial charge in [0, 0.05) is 25.4 Å². The number of nitrogens with one attached hydrogen (secondary N) is 1. The monoisotopic (exact) mass is 407 g/mol. The van der Waals surface area contributed by atoms with Gasteiger partial charge in [-0.3, -0.25) is 4.79 Å². The van der Waals surface area contributed by atoms with Gasteiger partial charge < -0.3 is 10.1 Å². The molecule has 0 atom stereocenters. The summed E-state index contributed by atoms with van der Waals surface area (Å²) in [7, 11) is 0. The smallest absolute Gasteiger partial charge is 0.307 e. The Labute approximate surface area is 138 Å². The van der Waals surface area contributed by atoms with E-state index in [0.29, 0.717) is 0 Å². The third kappa shape index (κ3) is 2.76. The van der Waals surface area contributed by atoms with E-state index in [2.05, 4.69) is 36.8 Å². The van der Waals surface area contributed by atoms with Gasteiger partial charge in [0.2, 0.25) is 0 Å². The lowest BCUT2D eigenvalue weighted by Gasteiger charge is -2.05. The molecule has 3 rings (SSSR count). The summed E-state index contributed by atoms with van der Waals surface area (Å²) in [6.07, 6.45) is -0.0207. The second-order valence-electron chi connectivity index (χ2n) is 4.72. The topological polar surface area (TPSA) is 53.1 Å². The number of halogens is 2. The summed E-state index contributed by atoms with van der Waals surface area (Å²) < 4.78 is 1.86. The number of hydrogen-bond acceptors (Lipinski definition) is 1. The molecule has 0 saturated carbocycles. The molecule has 0 saturated heterocycles. The Bertz CT molecular complexity index is 839. The Morgan fingerprint density at radius 3 is 2.62 bits per heavy atom. The van der Waals surface area contributed by atoms with E-state index in [4.69, 9.17) is 0 Å². The first-order chi connectivity index (χ1) is 10.1. The maximum Gasteiger partial charge on any atom is 0.307 e. The molecule has 0 spiro atoms. The van der Waals surface area contributed by atoms with Crippen LogP contribution >= 0.6 is 31.9 Å². The van der Waals surface area contributed by atoms with E-state index in [0.717, 1.165) is 36.7 Å². The Hall–Kier alpha value is -1.59. The van der Waals surface area contributed by atoms with Crippen LogP contribution < -0.4 is 0 Å². The van der Waals surface area contributed by atoms with Crippen molar-refractivity contribution in [3.8, 4) is 11.3 Å². The van der Waals surface area contributed by atoms with Crippen molar-refractivity contribution in [1.29, 1.82) is 0 Å². The van der Waals surface area contributed by atoms with Crippen LogP contribution in [0.15, 0.2) is 51.4 Å². The van der Waals surface area contributed by atoms with E-state index in [1.54, 1.807) is 0 Å². The molecule has 2 N–H and O–H groups in total. The Kier molecular flexibility index (Phi) is 3.87. The summed E-state index contributed by atoms with van der Waals surface area (Å²) >= 11 is 6.97. The highest BCUT2D eigenvalue weighted by Gasteiger charge is 2.17. The van der Waals surface area contributed by atoms with Gasteiger partial charge in [0.1, 0.15) is 0 Å². The number of carbonyl (C=O) groups is 1. The van der Waals surface area contributed by atoms with E-state index in [-0.39, 0.29) is 6.42 Å². The lowest BCUT2D eigenvalue weighted by atomic mass is 10.0. The maximum absolute atomic E-state index is 11.2. The average molecular weight is 409 g/mol. The van der Waals surface area contributed by atoms with Crippen LogP contribution in [0.1, 0.15) is 5.56 Å². The number of H-pyrrole nitrogens is 1. The fourth-order valence-electron chi connectivity index (χ4n) is 2.45. The van der Waals surface area contributed by atoms with Gasteiger partial charge in [-0.25, -0.2) is 0 Å². The molecule has 21 heavy (non-hydrogen) atoms. The number of aromatic nitrogens is 1. The van der Waals surface area contributed by atoms with Crippen molar-refractivity contribution >= 4 is 48.7 Å². The van der Waals surface area contributed by atoms with E-state index in [9.17, 15) is 9.90 Å². The molecule has 0 fully saturated rings. The van der Waals surface area contributed by atoms with Crippen LogP contribution in [0.5, 0.6) is 0 Å². The van der Waals surface area contributed by atoms with Crippen LogP contribution in [0, 0.1) is 0 Å². The lowest BCUT2D eigenvalue weighted by Crippen LogP contribution is -2.01. The first-order valence-corrected chi connectivity index (χ1v) is 7.91. The highest BCUT2D eigenvalue weighted by atomic mass is 79.9. The summed E-state index contributed by atoms with van der Waals surface area (Å²) in [5.74, 6) is -0.843. The molecule has 3 aromatic rings. The fourth-order valence-corrected chi connectivity index (χ4v) is 3.29. The number of carboxylic acids is 1. The molecule has 0 aliphatic carbocycles. The van der Waals surface area contributed by atoms with Crippen LogP contribution in [0.25, 0.3) is 22.2 Å². The van der Waals surface area contributed by atoms with E-state index >= 15 is 0 Å². The molecule has 0 radical (unpaired) electrons. The van der Waals surface area contributed by atoms with Gasteiger partial charge in [-0.1, -0.05) is 50.1 Å². The number of aliphatic carboxylic acids is 1. The molecular formula is C16H11Br2NO2. The molecular weight excluding hydrogens is 398 g/mol. The Morgan fingerprint density at radius 2 is 1.90 bits per heavy atom. The van der Waals surface area contributed by atoms with Crippen molar-refractivity contribution in [2.75, 3.05) is 0 Å². The maximum atomic E-state index is 11.2. The van der Waals surface area contributed by atoms with Crippen molar-refractivity contribution < 1.29 is 9.90 Å². The van der Waals surface area contributed by atoms with Gasteiger partial charge in [0.25, 0.3) is 0 Å². The molecule has 0 amide bonds.